The van der Waals surface area contributed by atoms with Crippen molar-refractivity contribution in [3.63, 3.8) is 0 Å². The first-order valence-electron chi connectivity index (χ1n) is 6.36. The maximum atomic E-state index is 12.2. The molecule has 0 fully saturated rings. The predicted molar refractivity (Wildman–Crippen MR) is 82.4 cm³/mol. The molecular formula is C14H18N2O2S2. The molecule has 1 heterocycles. The van der Waals surface area contributed by atoms with Crippen molar-refractivity contribution >= 4 is 21.4 Å². The van der Waals surface area contributed by atoms with Crippen molar-refractivity contribution in [1.82, 2.24) is 10.0 Å². The highest BCUT2D eigenvalue weighted by atomic mass is 32.2. The fourth-order valence-corrected chi connectivity index (χ4v) is 3.68. The lowest BCUT2D eigenvalue weighted by atomic mass is 10.2. The van der Waals surface area contributed by atoms with Crippen LogP contribution in [0.4, 0.5) is 0 Å². The maximum absolute atomic E-state index is 12.2. The molecule has 0 radical (unpaired) electrons. The summed E-state index contributed by atoms with van der Waals surface area (Å²) in [7, 11) is -1.60. The molecule has 0 saturated carbocycles. The topological polar surface area (TPSA) is 58.2 Å². The van der Waals surface area contributed by atoms with E-state index >= 15 is 0 Å². The number of thiophene rings is 1. The highest BCUT2D eigenvalue weighted by Crippen LogP contribution is 2.12. The first kappa shape index (κ1) is 15.2. The summed E-state index contributed by atoms with van der Waals surface area (Å²) in [6.45, 7) is 1.06. The van der Waals surface area contributed by atoms with Crippen LogP contribution in [0.1, 0.15) is 11.1 Å². The van der Waals surface area contributed by atoms with Crippen molar-refractivity contribution in [2.45, 2.75) is 17.9 Å². The Bertz CT molecular complexity index is 637. The lowest BCUT2D eigenvalue weighted by Gasteiger charge is -2.08. The van der Waals surface area contributed by atoms with Crippen LogP contribution in [0.3, 0.4) is 0 Å². The molecule has 1 aromatic heterocycles. The third-order valence-electron chi connectivity index (χ3n) is 2.88. The van der Waals surface area contributed by atoms with Gasteiger partial charge in [-0.3, -0.25) is 0 Å². The van der Waals surface area contributed by atoms with Gasteiger partial charge in [0.1, 0.15) is 0 Å². The molecular weight excluding hydrogens is 292 g/mol. The quantitative estimate of drug-likeness (QED) is 0.822. The largest absolute Gasteiger partial charge is 0.316 e. The van der Waals surface area contributed by atoms with Crippen molar-refractivity contribution in [3.05, 3.63) is 52.2 Å². The van der Waals surface area contributed by atoms with Crippen molar-refractivity contribution in [2.75, 3.05) is 13.6 Å². The van der Waals surface area contributed by atoms with Crippen LogP contribution in [0.15, 0.2) is 46.0 Å². The molecule has 2 N–H and O–H groups in total. The van der Waals surface area contributed by atoms with Gasteiger partial charge in [-0.05, 0) is 53.6 Å². The third-order valence-corrected chi connectivity index (χ3v) is 5.07. The van der Waals surface area contributed by atoms with E-state index in [-0.39, 0.29) is 0 Å². The van der Waals surface area contributed by atoms with Crippen LogP contribution in [-0.2, 0) is 23.0 Å². The summed E-state index contributed by atoms with van der Waals surface area (Å²) in [5.74, 6) is 0. The standard InChI is InChI=1S/C14H18N2O2S2/c1-15-10-13-3-2-4-14(9-13)20(17,18)16-7-5-12-6-8-19-11-12/h2-4,6,8-9,11,15-16H,5,7,10H2,1H3. The Morgan fingerprint density at radius 3 is 2.75 bits per heavy atom. The van der Waals surface area contributed by atoms with Gasteiger partial charge in [0.25, 0.3) is 0 Å². The van der Waals surface area contributed by atoms with Crippen molar-refractivity contribution in [3.8, 4) is 0 Å². The van der Waals surface area contributed by atoms with E-state index in [2.05, 4.69) is 10.0 Å². The summed E-state index contributed by atoms with van der Waals surface area (Å²) < 4.78 is 27.0. The molecule has 0 aliphatic carbocycles. The van der Waals surface area contributed by atoms with Gasteiger partial charge in [0.05, 0.1) is 4.90 Å². The minimum atomic E-state index is -3.43. The smallest absolute Gasteiger partial charge is 0.240 e. The number of benzene rings is 1. The van der Waals surface area contributed by atoms with Crippen LogP contribution in [-0.4, -0.2) is 22.0 Å². The van der Waals surface area contributed by atoms with E-state index in [1.165, 1.54) is 0 Å². The molecule has 0 spiro atoms. The molecule has 0 bridgehead atoms. The lowest BCUT2D eigenvalue weighted by molar-refractivity contribution is 0.581. The minimum Gasteiger partial charge on any atom is -0.316 e. The number of hydrogen-bond acceptors (Lipinski definition) is 4. The molecule has 0 aliphatic rings. The van der Waals surface area contributed by atoms with Crippen LogP contribution < -0.4 is 10.0 Å². The average molecular weight is 310 g/mol. The van der Waals surface area contributed by atoms with Crippen molar-refractivity contribution < 1.29 is 8.42 Å². The first-order valence-corrected chi connectivity index (χ1v) is 8.79. The van der Waals surface area contributed by atoms with E-state index in [1.807, 2.05) is 29.9 Å². The maximum Gasteiger partial charge on any atom is 0.240 e. The van der Waals surface area contributed by atoms with Gasteiger partial charge in [0.2, 0.25) is 10.0 Å². The molecule has 108 valence electrons. The fourth-order valence-electron chi connectivity index (χ4n) is 1.87. The Balaban J connectivity index is 2.00. The average Bonchev–Trinajstić information content (AvgIpc) is 2.92. The first-order chi connectivity index (χ1) is 9.62. The Labute approximate surface area is 123 Å². The molecule has 2 rings (SSSR count). The Kier molecular flexibility index (Phi) is 5.31. The van der Waals surface area contributed by atoms with Gasteiger partial charge in [-0.2, -0.15) is 11.3 Å². The van der Waals surface area contributed by atoms with Gasteiger partial charge in [-0.15, -0.1) is 0 Å². The van der Waals surface area contributed by atoms with Crippen molar-refractivity contribution in [1.29, 1.82) is 0 Å². The van der Waals surface area contributed by atoms with E-state index in [0.717, 1.165) is 11.1 Å². The van der Waals surface area contributed by atoms with Gasteiger partial charge in [0.15, 0.2) is 0 Å². The predicted octanol–water partition coefficient (Wildman–Crippen LogP) is 1.99. The molecule has 4 nitrogen and oxygen atoms in total. The lowest BCUT2D eigenvalue weighted by Crippen LogP contribution is -2.26. The third kappa shape index (κ3) is 4.14. The van der Waals surface area contributed by atoms with Crippen LogP contribution in [0, 0.1) is 0 Å². The molecule has 0 aliphatic heterocycles. The second-order valence-electron chi connectivity index (χ2n) is 4.46. The Morgan fingerprint density at radius 2 is 2.05 bits per heavy atom. The molecule has 6 heteroatoms. The molecule has 2 aromatic rings. The highest BCUT2D eigenvalue weighted by Gasteiger charge is 2.13. The fraction of sp³-hybridized carbons (Fsp3) is 0.286. The van der Waals surface area contributed by atoms with E-state index in [4.69, 9.17) is 0 Å². The number of sulfonamides is 1. The second-order valence-corrected chi connectivity index (χ2v) is 7.00. The van der Waals surface area contributed by atoms with Crippen LogP contribution in [0.2, 0.25) is 0 Å². The van der Waals surface area contributed by atoms with Gasteiger partial charge in [-0.25, -0.2) is 13.1 Å². The molecule has 0 atom stereocenters. The molecule has 0 saturated heterocycles. The summed E-state index contributed by atoms with van der Waals surface area (Å²) in [4.78, 5) is 0.315. The Hall–Kier alpha value is -1.21. The van der Waals surface area contributed by atoms with Crippen LogP contribution in [0.25, 0.3) is 0 Å². The zero-order valence-electron chi connectivity index (χ0n) is 11.3. The molecule has 1 aromatic carbocycles. The van der Waals surface area contributed by atoms with Crippen molar-refractivity contribution in [2.24, 2.45) is 0 Å². The van der Waals surface area contributed by atoms with E-state index in [9.17, 15) is 8.42 Å². The monoisotopic (exact) mass is 310 g/mol. The zero-order valence-corrected chi connectivity index (χ0v) is 12.9. The summed E-state index contributed by atoms with van der Waals surface area (Å²) >= 11 is 1.62. The molecule has 0 amide bonds. The van der Waals surface area contributed by atoms with E-state index in [0.29, 0.717) is 24.4 Å². The SMILES string of the molecule is CNCc1cccc(S(=O)(=O)NCCc2ccsc2)c1. The number of rotatable bonds is 7. The van der Waals surface area contributed by atoms with Crippen LogP contribution >= 0.6 is 11.3 Å². The molecule has 0 unspecified atom stereocenters. The van der Waals surface area contributed by atoms with Gasteiger partial charge < -0.3 is 5.32 Å². The van der Waals surface area contributed by atoms with Gasteiger partial charge >= 0.3 is 0 Å². The number of hydrogen-bond donors (Lipinski definition) is 2. The van der Waals surface area contributed by atoms with Crippen LogP contribution in [0.5, 0.6) is 0 Å². The second kappa shape index (κ2) is 6.99. The summed E-state index contributed by atoms with van der Waals surface area (Å²) in [5.41, 5.74) is 2.11. The summed E-state index contributed by atoms with van der Waals surface area (Å²) in [5, 5.41) is 7.03. The summed E-state index contributed by atoms with van der Waals surface area (Å²) in [6, 6.07) is 8.99. The molecule has 20 heavy (non-hydrogen) atoms. The van der Waals surface area contributed by atoms with Gasteiger partial charge in [-0.1, -0.05) is 12.1 Å². The van der Waals surface area contributed by atoms with E-state index in [1.54, 1.807) is 29.5 Å². The number of nitrogens with one attached hydrogen (secondary N) is 2. The Morgan fingerprint density at radius 1 is 1.20 bits per heavy atom. The van der Waals surface area contributed by atoms with E-state index < -0.39 is 10.0 Å². The summed E-state index contributed by atoms with van der Waals surface area (Å²) in [6.07, 6.45) is 0.707. The minimum absolute atomic E-state index is 0.315. The highest BCUT2D eigenvalue weighted by molar-refractivity contribution is 7.89. The zero-order chi connectivity index (χ0) is 14.4. The normalized spacial score (nSPS) is 11.7. The van der Waals surface area contributed by atoms with Gasteiger partial charge in [0, 0.05) is 13.1 Å².